The molecule has 230 valence electrons. The number of hydrogen-bond donors (Lipinski definition) is 3. The Morgan fingerprint density at radius 3 is 2.26 bits per heavy atom. The van der Waals surface area contributed by atoms with E-state index in [1.807, 2.05) is 37.4 Å². The summed E-state index contributed by atoms with van der Waals surface area (Å²) in [5.74, 6) is 0.446. The van der Waals surface area contributed by atoms with Crippen LogP contribution in [0.5, 0.6) is 5.75 Å². The fourth-order valence-electron chi connectivity index (χ4n) is 3.93. The Morgan fingerprint density at radius 2 is 1.74 bits per heavy atom. The Balaban J connectivity index is 0.000000231. The Hall–Kier alpha value is -2.59. The van der Waals surface area contributed by atoms with Crippen LogP contribution in [0, 0.1) is 0 Å². The monoisotopic (exact) mass is 668 g/mol. The van der Waals surface area contributed by atoms with Crippen LogP contribution in [-0.2, 0) is 26.2 Å². The van der Waals surface area contributed by atoms with Crippen molar-refractivity contribution >= 4 is 48.9 Å². The standard InChI is InChI=1S/C17H18F3NO.C9H11Cl2N3O4S2/c1-21-12-11-16(13-5-3-2-4-6-13)22-15-9-7-14(8-10-15)17(18,19)20;1-14-9(4-10)13-6-2-5(11)7(19(12,15)16)3-8(6)20(14,17)18/h2-10,16,21H,11-12H2,1H3;2-3,9,13H,4H2,1H3,(H2,12,15,16). The third kappa shape index (κ3) is 8.28. The summed E-state index contributed by atoms with van der Waals surface area (Å²) in [5, 5.41) is 10.8. The lowest BCUT2D eigenvalue weighted by Gasteiger charge is -2.33. The molecule has 9 nitrogen and oxygen atoms in total. The molecule has 0 fully saturated rings. The molecule has 0 saturated heterocycles. The number of primary sulfonamides is 1. The summed E-state index contributed by atoms with van der Waals surface area (Å²) in [4.78, 5) is -0.657. The van der Waals surface area contributed by atoms with E-state index >= 15 is 0 Å². The molecule has 3 aromatic carbocycles. The number of nitrogens with zero attached hydrogens (tertiary/aromatic N) is 1. The van der Waals surface area contributed by atoms with Gasteiger partial charge in [0.15, 0.2) is 0 Å². The summed E-state index contributed by atoms with van der Waals surface area (Å²) >= 11 is 11.5. The fraction of sp³-hybridized carbons (Fsp3) is 0.308. The molecule has 1 aliphatic heterocycles. The number of alkyl halides is 4. The number of rotatable bonds is 8. The van der Waals surface area contributed by atoms with Crippen molar-refractivity contribution in [2.75, 3.05) is 31.8 Å². The Kier molecular flexibility index (Phi) is 11.1. The third-order valence-corrected chi connectivity index (χ3v) is 9.77. The number of hydrogen-bond acceptors (Lipinski definition) is 7. The van der Waals surface area contributed by atoms with E-state index in [9.17, 15) is 30.0 Å². The van der Waals surface area contributed by atoms with Crippen LogP contribution in [0.1, 0.15) is 23.7 Å². The number of nitrogens with one attached hydrogen (secondary N) is 2. The molecular weight excluding hydrogens is 640 g/mol. The van der Waals surface area contributed by atoms with Crippen molar-refractivity contribution in [2.24, 2.45) is 5.14 Å². The fourth-order valence-corrected chi connectivity index (χ4v) is 6.91. The van der Waals surface area contributed by atoms with Crippen LogP contribution in [0.3, 0.4) is 0 Å². The molecule has 0 aliphatic carbocycles. The van der Waals surface area contributed by atoms with Crippen LogP contribution >= 0.6 is 23.2 Å². The van der Waals surface area contributed by atoms with Crippen molar-refractivity contribution in [2.45, 2.75) is 34.7 Å². The topological polar surface area (TPSA) is 131 Å². The Labute approximate surface area is 252 Å². The van der Waals surface area contributed by atoms with Crippen LogP contribution in [0.25, 0.3) is 0 Å². The Bertz CT molecular complexity index is 1580. The maximum absolute atomic E-state index is 12.6. The maximum atomic E-state index is 12.6. The number of anilines is 1. The molecule has 1 aliphatic rings. The van der Waals surface area contributed by atoms with Gasteiger partial charge >= 0.3 is 6.18 Å². The van der Waals surface area contributed by atoms with Gasteiger partial charge in [-0.05, 0) is 55.6 Å². The Morgan fingerprint density at radius 1 is 1.12 bits per heavy atom. The highest BCUT2D eigenvalue weighted by Gasteiger charge is 2.36. The molecule has 0 radical (unpaired) electrons. The highest BCUT2D eigenvalue weighted by atomic mass is 35.5. The summed E-state index contributed by atoms with van der Waals surface area (Å²) in [5.41, 5.74) is 0.509. The predicted octanol–water partition coefficient (Wildman–Crippen LogP) is 5.03. The van der Waals surface area contributed by atoms with E-state index in [1.54, 1.807) is 0 Å². The van der Waals surface area contributed by atoms with Gasteiger partial charge < -0.3 is 15.4 Å². The molecule has 4 N–H and O–H groups in total. The summed E-state index contributed by atoms with van der Waals surface area (Å²) < 4.78 is 92.0. The third-order valence-electron chi connectivity index (χ3n) is 6.19. The lowest BCUT2D eigenvalue weighted by Crippen LogP contribution is -2.47. The van der Waals surface area contributed by atoms with E-state index in [4.69, 9.17) is 33.1 Å². The number of ether oxygens (including phenoxy) is 1. The zero-order valence-electron chi connectivity index (χ0n) is 22.4. The van der Waals surface area contributed by atoms with E-state index in [1.165, 1.54) is 25.2 Å². The van der Waals surface area contributed by atoms with E-state index in [2.05, 4.69) is 10.6 Å². The van der Waals surface area contributed by atoms with E-state index in [-0.39, 0.29) is 27.6 Å². The molecule has 0 amide bonds. The summed E-state index contributed by atoms with van der Waals surface area (Å²) in [7, 11) is -4.81. The molecule has 2 unspecified atom stereocenters. The first-order valence-corrected chi connectivity index (χ1v) is 16.2. The smallest absolute Gasteiger partial charge is 0.416 e. The second-order valence-electron chi connectivity index (χ2n) is 9.09. The lowest BCUT2D eigenvalue weighted by molar-refractivity contribution is -0.137. The van der Waals surface area contributed by atoms with E-state index < -0.39 is 42.8 Å². The highest BCUT2D eigenvalue weighted by Crippen LogP contribution is 2.37. The molecule has 0 bridgehead atoms. The molecular formula is C26H29Cl2F3N4O5S2. The number of halogens is 5. The molecule has 42 heavy (non-hydrogen) atoms. The van der Waals surface area contributed by atoms with Gasteiger partial charge in [-0.2, -0.15) is 17.5 Å². The number of sulfonamides is 2. The molecule has 3 aromatic rings. The summed E-state index contributed by atoms with van der Waals surface area (Å²) in [6.07, 6.45) is -4.46. The van der Waals surface area contributed by atoms with E-state index in [0.717, 1.165) is 41.0 Å². The van der Waals surface area contributed by atoms with E-state index in [0.29, 0.717) is 5.75 Å². The minimum Gasteiger partial charge on any atom is -0.486 e. The first-order chi connectivity index (χ1) is 19.6. The lowest BCUT2D eigenvalue weighted by atomic mass is 10.1. The predicted molar refractivity (Wildman–Crippen MR) is 156 cm³/mol. The van der Waals surface area contributed by atoms with Crippen LogP contribution in [-0.4, -0.2) is 53.8 Å². The largest absolute Gasteiger partial charge is 0.486 e. The van der Waals surface area contributed by atoms with Crippen molar-refractivity contribution < 1.29 is 34.7 Å². The molecule has 0 saturated carbocycles. The zero-order valence-corrected chi connectivity index (χ0v) is 25.5. The van der Waals surface area contributed by atoms with Gasteiger partial charge in [-0.25, -0.2) is 22.0 Å². The molecule has 2 atom stereocenters. The average Bonchev–Trinajstić information content (AvgIpc) is 2.92. The van der Waals surface area contributed by atoms with Gasteiger partial charge in [-0.1, -0.05) is 41.9 Å². The van der Waals surface area contributed by atoms with Crippen LogP contribution < -0.4 is 20.5 Å². The minimum atomic E-state index is -4.33. The van der Waals surface area contributed by atoms with Crippen molar-refractivity contribution in [3.8, 4) is 5.75 Å². The number of nitrogens with two attached hydrogens (primary N) is 1. The second kappa shape index (κ2) is 13.8. The van der Waals surface area contributed by atoms with Gasteiger partial charge in [0.25, 0.3) is 0 Å². The van der Waals surface area contributed by atoms with Crippen molar-refractivity contribution in [3.05, 3.63) is 82.9 Å². The van der Waals surface area contributed by atoms with Crippen molar-refractivity contribution in [1.82, 2.24) is 9.62 Å². The van der Waals surface area contributed by atoms with Gasteiger partial charge in [-0.3, -0.25) is 0 Å². The molecule has 16 heteroatoms. The minimum absolute atomic E-state index is 0.0176. The van der Waals surface area contributed by atoms with Crippen LogP contribution in [0.2, 0.25) is 5.02 Å². The van der Waals surface area contributed by atoms with Gasteiger partial charge in [-0.15, -0.1) is 11.6 Å². The SMILES string of the molecule is CN1C(CCl)Nc2cc(Cl)c(S(N)(=O)=O)cc2S1(=O)=O.CNCCC(Oc1ccc(C(F)(F)F)cc1)c1ccccc1. The highest BCUT2D eigenvalue weighted by molar-refractivity contribution is 7.90. The first kappa shape index (κ1) is 33.9. The molecule has 0 spiro atoms. The van der Waals surface area contributed by atoms with Gasteiger partial charge in [0.2, 0.25) is 20.0 Å². The molecule has 4 rings (SSSR count). The normalized spacial score (nSPS) is 17.3. The van der Waals surface area contributed by atoms with Crippen molar-refractivity contribution in [1.29, 1.82) is 0 Å². The van der Waals surface area contributed by atoms with Crippen LogP contribution in [0.4, 0.5) is 18.9 Å². The first-order valence-electron chi connectivity index (χ1n) is 12.3. The van der Waals surface area contributed by atoms with Gasteiger partial charge in [0.05, 0.1) is 22.2 Å². The summed E-state index contributed by atoms with van der Waals surface area (Å²) in [6.45, 7) is 0.750. The second-order valence-corrected chi connectivity index (χ2v) is 13.3. The average molecular weight is 670 g/mol. The van der Waals surface area contributed by atoms with Crippen LogP contribution in [0.15, 0.2) is 76.5 Å². The summed E-state index contributed by atoms with van der Waals surface area (Å²) in [6, 6.07) is 16.6. The van der Waals surface area contributed by atoms with Gasteiger partial charge in [0, 0.05) is 13.5 Å². The maximum Gasteiger partial charge on any atom is 0.416 e. The van der Waals surface area contributed by atoms with Gasteiger partial charge in [0.1, 0.15) is 27.8 Å². The number of fused-ring (bicyclic) bond motifs is 1. The molecule has 1 heterocycles. The zero-order chi connectivity index (χ0) is 31.3. The number of benzene rings is 3. The molecule has 0 aromatic heterocycles. The van der Waals surface area contributed by atoms with Crippen molar-refractivity contribution in [3.63, 3.8) is 0 Å². The quantitative estimate of drug-likeness (QED) is 0.287.